The number of carbonyl (C=O) groups excluding carboxylic acids is 1. The van der Waals surface area contributed by atoms with Crippen LogP contribution in [0.3, 0.4) is 0 Å². The van der Waals surface area contributed by atoms with Crippen molar-refractivity contribution in [1.29, 1.82) is 0 Å². The second kappa shape index (κ2) is 5.76. The zero-order valence-corrected chi connectivity index (χ0v) is 13.3. The lowest BCUT2D eigenvalue weighted by molar-refractivity contribution is -0.123. The first kappa shape index (κ1) is 14.4. The summed E-state index contributed by atoms with van der Waals surface area (Å²) in [7, 11) is 0. The van der Waals surface area contributed by atoms with Crippen molar-refractivity contribution in [2.45, 2.75) is 44.6 Å². The van der Waals surface area contributed by atoms with Crippen LogP contribution in [0.25, 0.3) is 0 Å². The molecule has 118 valence electrons. The highest BCUT2D eigenvalue weighted by Gasteiger charge is 2.44. The first-order valence-electron chi connectivity index (χ1n) is 8.40. The predicted molar refractivity (Wildman–Crippen MR) is 87.9 cm³/mol. The first-order valence-corrected chi connectivity index (χ1v) is 8.40. The minimum Gasteiger partial charge on any atom is -0.349 e. The van der Waals surface area contributed by atoms with E-state index in [-0.39, 0.29) is 17.9 Å². The quantitative estimate of drug-likeness (QED) is 0.948. The topological polar surface area (TPSA) is 54.9 Å². The third-order valence-electron chi connectivity index (χ3n) is 4.97. The van der Waals surface area contributed by atoms with Crippen LogP contribution >= 0.6 is 0 Å². The number of nitrogens with one attached hydrogen (secondary N) is 1. The highest BCUT2D eigenvalue weighted by molar-refractivity contribution is 5.83. The molecule has 1 aromatic heterocycles. The van der Waals surface area contributed by atoms with Crippen LogP contribution in [0.5, 0.6) is 0 Å². The Morgan fingerprint density at radius 1 is 1.26 bits per heavy atom. The Kier molecular flexibility index (Phi) is 3.60. The number of rotatable bonds is 3. The van der Waals surface area contributed by atoms with E-state index < -0.39 is 0 Å². The lowest BCUT2D eigenvalue weighted by Gasteiger charge is -2.25. The van der Waals surface area contributed by atoms with Crippen LogP contribution in [0.4, 0.5) is 0 Å². The fraction of sp³-hybridized carbons (Fsp3) is 0.421. The van der Waals surface area contributed by atoms with Crippen molar-refractivity contribution in [3.8, 4) is 0 Å². The molecule has 1 aromatic carbocycles. The zero-order valence-electron chi connectivity index (χ0n) is 13.3. The van der Waals surface area contributed by atoms with Crippen molar-refractivity contribution in [3.63, 3.8) is 0 Å². The van der Waals surface area contributed by atoms with Crippen molar-refractivity contribution in [1.82, 2.24) is 15.3 Å². The summed E-state index contributed by atoms with van der Waals surface area (Å²) in [5.74, 6) is 1.49. The van der Waals surface area contributed by atoms with E-state index in [4.69, 9.17) is 0 Å². The molecule has 0 saturated heterocycles. The number of carbonyl (C=O) groups is 1. The van der Waals surface area contributed by atoms with Gasteiger partial charge in [0.15, 0.2) is 0 Å². The van der Waals surface area contributed by atoms with Crippen molar-refractivity contribution in [3.05, 3.63) is 59.2 Å². The molecular weight excluding hydrogens is 286 g/mol. The molecule has 1 amide bonds. The lowest BCUT2D eigenvalue weighted by Crippen LogP contribution is -2.32. The lowest BCUT2D eigenvalue weighted by atomic mass is 9.92. The Balaban J connectivity index is 1.45. The summed E-state index contributed by atoms with van der Waals surface area (Å²) in [5, 5.41) is 3.24. The average molecular weight is 307 g/mol. The number of hydrogen-bond donors (Lipinski definition) is 1. The Morgan fingerprint density at radius 2 is 2.09 bits per heavy atom. The van der Waals surface area contributed by atoms with E-state index >= 15 is 0 Å². The maximum atomic E-state index is 12.6. The number of nitrogens with zero attached hydrogens (tertiary/aromatic N) is 2. The van der Waals surface area contributed by atoms with Gasteiger partial charge >= 0.3 is 0 Å². The van der Waals surface area contributed by atoms with Crippen LogP contribution in [0, 0.1) is 12.8 Å². The van der Waals surface area contributed by atoms with Crippen LogP contribution in [0.2, 0.25) is 0 Å². The smallest absolute Gasteiger partial charge is 0.224 e. The summed E-state index contributed by atoms with van der Waals surface area (Å²) in [5.41, 5.74) is 3.48. The van der Waals surface area contributed by atoms with Crippen LogP contribution in [-0.4, -0.2) is 15.9 Å². The van der Waals surface area contributed by atoms with Crippen molar-refractivity contribution >= 4 is 5.91 Å². The molecule has 0 radical (unpaired) electrons. The summed E-state index contributed by atoms with van der Waals surface area (Å²) in [6, 6.07) is 10.4. The second-order valence-corrected chi connectivity index (χ2v) is 6.63. The van der Waals surface area contributed by atoms with Gasteiger partial charge in [-0.05, 0) is 44.1 Å². The zero-order chi connectivity index (χ0) is 15.8. The van der Waals surface area contributed by atoms with E-state index in [9.17, 15) is 4.79 Å². The van der Waals surface area contributed by atoms with Gasteiger partial charge in [-0.25, -0.2) is 9.97 Å². The number of benzene rings is 1. The SMILES string of the molecule is Cc1ncc2c(n1)CCC[C@@H]2NC(=O)[C@H]1C[C@@H]1c1ccccc1. The van der Waals surface area contributed by atoms with Crippen molar-refractivity contribution < 1.29 is 4.79 Å². The van der Waals surface area contributed by atoms with Gasteiger partial charge in [0.1, 0.15) is 5.82 Å². The first-order chi connectivity index (χ1) is 11.2. The third-order valence-corrected chi connectivity index (χ3v) is 4.97. The van der Waals surface area contributed by atoms with Gasteiger partial charge in [0.05, 0.1) is 6.04 Å². The van der Waals surface area contributed by atoms with Gasteiger partial charge in [-0.1, -0.05) is 30.3 Å². The Morgan fingerprint density at radius 3 is 2.91 bits per heavy atom. The monoisotopic (exact) mass is 307 g/mol. The fourth-order valence-electron chi connectivity index (χ4n) is 3.63. The highest BCUT2D eigenvalue weighted by atomic mass is 16.2. The number of fused-ring (bicyclic) bond motifs is 1. The van der Waals surface area contributed by atoms with Gasteiger partial charge in [0, 0.05) is 23.4 Å². The number of aromatic nitrogens is 2. The third kappa shape index (κ3) is 2.85. The van der Waals surface area contributed by atoms with Crippen molar-refractivity contribution in [2.75, 3.05) is 0 Å². The van der Waals surface area contributed by atoms with Crippen LogP contribution < -0.4 is 5.32 Å². The van der Waals surface area contributed by atoms with Crippen LogP contribution in [0.15, 0.2) is 36.5 Å². The summed E-state index contributed by atoms with van der Waals surface area (Å²) in [6.45, 7) is 1.91. The molecule has 1 fully saturated rings. The summed E-state index contributed by atoms with van der Waals surface area (Å²) in [6.07, 6.45) is 5.89. The maximum absolute atomic E-state index is 12.6. The fourth-order valence-corrected chi connectivity index (χ4v) is 3.63. The summed E-state index contributed by atoms with van der Waals surface area (Å²) < 4.78 is 0. The molecule has 1 heterocycles. The Labute approximate surface area is 136 Å². The largest absolute Gasteiger partial charge is 0.349 e. The van der Waals surface area contributed by atoms with Gasteiger partial charge in [0.2, 0.25) is 5.91 Å². The normalized spacial score (nSPS) is 25.5. The molecule has 1 saturated carbocycles. The summed E-state index contributed by atoms with van der Waals surface area (Å²) >= 11 is 0. The molecule has 0 unspecified atom stereocenters. The van der Waals surface area contributed by atoms with Crippen LogP contribution in [0.1, 0.15) is 53.9 Å². The maximum Gasteiger partial charge on any atom is 0.224 e. The average Bonchev–Trinajstić information content (AvgIpc) is 3.36. The molecule has 4 heteroatoms. The second-order valence-electron chi connectivity index (χ2n) is 6.63. The van der Waals surface area contributed by atoms with E-state index in [1.165, 1.54) is 5.56 Å². The van der Waals surface area contributed by atoms with E-state index in [1.807, 2.05) is 31.3 Å². The predicted octanol–water partition coefficient (Wildman–Crippen LogP) is 3.08. The standard InChI is InChI=1S/C19H21N3O/c1-12-20-11-16-17(21-12)8-5-9-18(16)22-19(23)15-10-14(15)13-6-3-2-4-7-13/h2-4,6-7,11,14-15,18H,5,8-10H2,1H3,(H,22,23)/t14-,15+,18+/m1/s1. The van der Waals surface area contributed by atoms with Crippen molar-refractivity contribution in [2.24, 2.45) is 5.92 Å². The molecule has 2 aromatic rings. The highest BCUT2D eigenvalue weighted by Crippen LogP contribution is 2.47. The molecule has 0 aliphatic heterocycles. The van der Waals surface area contributed by atoms with Gasteiger partial charge in [-0.2, -0.15) is 0 Å². The van der Waals surface area contributed by atoms with Gasteiger partial charge in [-0.15, -0.1) is 0 Å². The number of aryl methyl sites for hydroxylation is 2. The molecule has 23 heavy (non-hydrogen) atoms. The minimum atomic E-state index is 0.0730. The van der Waals surface area contributed by atoms with Gasteiger partial charge < -0.3 is 5.32 Å². The number of hydrogen-bond acceptors (Lipinski definition) is 3. The summed E-state index contributed by atoms with van der Waals surface area (Å²) in [4.78, 5) is 21.4. The van der Waals surface area contributed by atoms with Gasteiger partial charge in [0.25, 0.3) is 0 Å². The molecule has 4 rings (SSSR count). The molecule has 1 N–H and O–H groups in total. The molecule has 2 aliphatic rings. The van der Waals surface area contributed by atoms with E-state index in [1.54, 1.807) is 0 Å². The molecule has 4 nitrogen and oxygen atoms in total. The minimum absolute atomic E-state index is 0.0730. The van der Waals surface area contributed by atoms with Gasteiger partial charge in [-0.3, -0.25) is 4.79 Å². The van der Waals surface area contributed by atoms with E-state index in [2.05, 4.69) is 27.4 Å². The Hall–Kier alpha value is -2.23. The molecular formula is C19H21N3O. The number of amides is 1. The molecule has 0 bridgehead atoms. The van der Waals surface area contributed by atoms with E-state index in [0.717, 1.165) is 42.8 Å². The van der Waals surface area contributed by atoms with Crippen LogP contribution in [-0.2, 0) is 11.2 Å². The molecule has 2 aliphatic carbocycles. The molecule has 0 spiro atoms. The van der Waals surface area contributed by atoms with E-state index in [0.29, 0.717) is 5.92 Å². The Bertz CT molecular complexity index is 729. The molecule has 3 atom stereocenters.